The molecule has 0 unspecified atom stereocenters. The molecule has 0 radical (unpaired) electrons. The molecule has 5 nitrogen and oxygen atoms in total. The lowest BCUT2D eigenvalue weighted by molar-refractivity contribution is 0.104. The van der Waals surface area contributed by atoms with Gasteiger partial charge in [-0.1, -0.05) is 6.07 Å². The zero-order valence-electron chi connectivity index (χ0n) is 16.4. The first-order chi connectivity index (χ1) is 12.8. The van der Waals surface area contributed by atoms with Gasteiger partial charge in [-0.3, -0.25) is 9.48 Å². The van der Waals surface area contributed by atoms with Crippen molar-refractivity contribution in [1.29, 1.82) is 0 Å². The van der Waals surface area contributed by atoms with Crippen LogP contribution >= 0.6 is 0 Å². The molecule has 0 amide bonds. The number of carbonyl (C=O) groups excluding carboxylic acids is 1. The first-order valence-corrected chi connectivity index (χ1v) is 8.86. The lowest BCUT2D eigenvalue weighted by Crippen LogP contribution is -1.99. The second kappa shape index (κ2) is 7.66. The summed E-state index contributed by atoms with van der Waals surface area (Å²) in [5.41, 5.74) is 4.54. The Hall–Kier alpha value is -3.08. The molecule has 3 aromatic rings. The maximum atomic E-state index is 12.4. The fourth-order valence-corrected chi connectivity index (χ4v) is 3.10. The van der Waals surface area contributed by atoms with Crippen molar-refractivity contribution in [3.8, 4) is 5.75 Å². The van der Waals surface area contributed by atoms with E-state index in [-0.39, 0.29) is 5.78 Å². The highest BCUT2D eigenvalue weighted by molar-refractivity contribution is 6.08. The first-order valence-electron chi connectivity index (χ1n) is 8.86. The minimum atomic E-state index is -0.0810. The molecule has 3 rings (SSSR count). The van der Waals surface area contributed by atoms with Gasteiger partial charge in [0.1, 0.15) is 23.9 Å². The van der Waals surface area contributed by atoms with Gasteiger partial charge >= 0.3 is 0 Å². The van der Waals surface area contributed by atoms with Crippen molar-refractivity contribution in [1.82, 2.24) is 9.78 Å². The second-order valence-electron chi connectivity index (χ2n) is 6.78. The number of ether oxygens (including phenoxy) is 1. The van der Waals surface area contributed by atoms with Gasteiger partial charge in [0.2, 0.25) is 0 Å². The predicted octanol–water partition coefficient (Wildman–Crippen LogP) is 4.72. The zero-order chi connectivity index (χ0) is 19.6. The Morgan fingerprint density at radius 1 is 1.15 bits per heavy atom. The molecule has 5 heteroatoms. The standard InChI is InChI=1S/C22H24N2O3/c1-14-10-15(2)12-20(11-14)26-13-19-7-6-18(27-19)8-9-21(25)22-16(3)23-24(5)17(22)4/h6-12H,13H2,1-5H3/b9-8+. The van der Waals surface area contributed by atoms with E-state index >= 15 is 0 Å². The Kier molecular flexibility index (Phi) is 5.31. The summed E-state index contributed by atoms with van der Waals surface area (Å²) in [4.78, 5) is 12.4. The smallest absolute Gasteiger partial charge is 0.189 e. The fourth-order valence-electron chi connectivity index (χ4n) is 3.10. The highest BCUT2D eigenvalue weighted by Crippen LogP contribution is 2.19. The van der Waals surface area contributed by atoms with Crippen molar-refractivity contribution < 1.29 is 13.9 Å². The molecule has 0 atom stereocenters. The third kappa shape index (κ3) is 4.37. The fraction of sp³-hybridized carbons (Fsp3) is 0.273. The van der Waals surface area contributed by atoms with E-state index in [2.05, 4.69) is 11.2 Å². The first kappa shape index (κ1) is 18.7. The van der Waals surface area contributed by atoms with E-state index in [4.69, 9.17) is 9.15 Å². The largest absolute Gasteiger partial charge is 0.486 e. The van der Waals surface area contributed by atoms with Crippen LogP contribution < -0.4 is 4.74 Å². The van der Waals surface area contributed by atoms with Gasteiger partial charge in [-0.05, 0) is 75.2 Å². The van der Waals surface area contributed by atoms with Crippen LogP contribution in [-0.4, -0.2) is 15.6 Å². The van der Waals surface area contributed by atoms with Gasteiger partial charge in [0.05, 0.1) is 11.3 Å². The maximum absolute atomic E-state index is 12.4. The number of benzene rings is 1. The molecule has 0 N–H and O–H groups in total. The number of hydrogen-bond acceptors (Lipinski definition) is 4. The van der Waals surface area contributed by atoms with Gasteiger partial charge < -0.3 is 9.15 Å². The normalized spacial score (nSPS) is 11.3. The molecular weight excluding hydrogens is 340 g/mol. The van der Waals surface area contributed by atoms with Crippen LogP contribution in [0.3, 0.4) is 0 Å². The van der Waals surface area contributed by atoms with Gasteiger partial charge in [0.25, 0.3) is 0 Å². The van der Waals surface area contributed by atoms with Crippen LogP contribution in [0.25, 0.3) is 6.08 Å². The molecule has 2 aromatic heterocycles. The van der Waals surface area contributed by atoms with E-state index in [9.17, 15) is 4.79 Å². The molecule has 0 aliphatic heterocycles. The summed E-state index contributed by atoms with van der Waals surface area (Å²) in [6, 6.07) is 9.77. The molecule has 2 heterocycles. The summed E-state index contributed by atoms with van der Waals surface area (Å²) in [7, 11) is 1.83. The number of nitrogens with zero attached hydrogens (tertiary/aromatic N) is 2. The molecule has 1 aromatic carbocycles. The third-order valence-corrected chi connectivity index (χ3v) is 4.41. The molecule has 0 saturated heterocycles. The van der Waals surface area contributed by atoms with Crippen LogP contribution in [-0.2, 0) is 13.7 Å². The number of ketones is 1. The Labute approximate surface area is 159 Å². The average molecular weight is 364 g/mol. The van der Waals surface area contributed by atoms with Crippen molar-refractivity contribution in [3.63, 3.8) is 0 Å². The van der Waals surface area contributed by atoms with E-state index < -0.39 is 0 Å². The van der Waals surface area contributed by atoms with E-state index in [1.165, 1.54) is 6.08 Å². The molecule has 0 aliphatic carbocycles. The molecule has 0 saturated carbocycles. The van der Waals surface area contributed by atoms with Crippen LogP contribution in [0.2, 0.25) is 0 Å². The molecule has 140 valence electrons. The maximum Gasteiger partial charge on any atom is 0.189 e. The molecular formula is C22H24N2O3. The number of rotatable bonds is 6. The minimum absolute atomic E-state index is 0.0810. The molecule has 0 aliphatic rings. The van der Waals surface area contributed by atoms with Crippen LogP contribution in [0.4, 0.5) is 0 Å². The van der Waals surface area contributed by atoms with Gasteiger partial charge in [-0.15, -0.1) is 0 Å². The van der Waals surface area contributed by atoms with E-state index in [1.54, 1.807) is 10.8 Å². The van der Waals surface area contributed by atoms with E-state index in [0.717, 1.165) is 28.3 Å². The SMILES string of the molecule is Cc1cc(C)cc(OCc2ccc(/C=C/C(=O)c3c(C)nn(C)c3C)o2)c1. The molecule has 27 heavy (non-hydrogen) atoms. The summed E-state index contributed by atoms with van der Waals surface area (Å²) in [6.45, 7) is 8.14. The summed E-state index contributed by atoms with van der Waals surface area (Å²) < 4.78 is 13.2. The highest BCUT2D eigenvalue weighted by atomic mass is 16.5. The number of furan rings is 1. The van der Waals surface area contributed by atoms with Gasteiger partial charge in [0, 0.05) is 12.7 Å². The van der Waals surface area contributed by atoms with Crippen LogP contribution in [0.1, 0.15) is 44.4 Å². The lowest BCUT2D eigenvalue weighted by Gasteiger charge is -2.06. The van der Waals surface area contributed by atoms with Gasteiger partial charge in [-0.2, -0.15) is 5.10 Å². The van der Waals surface area contributed by atoms with E-state index in [0.29, 0.717) is 23.7 Å². The molecule has 0 fully saturated rings. The summed E-state index contributed by atoms with van der Waals surface area (Å²) in [5, 5.41) is 4.28. The Balaban J connectivity index is 1.65. The lowest BCUT2D eigenvalue weighted by atomic mass is 10.1. The van der Waals surface area contributed by atoms with Gasteiger partial charge in [0.15, 0.2) is 5.78 Å². The number of carbonyl (C=O) groups is 1. The Bertz CT molecular complexity index is 988. The van der Waals surface area contributed by atoms with Gasteiger partial charge in [-0.25, -0.2) is 0 Å². The Morgan fingerprint density at radius 3 is 2.48 bits per heavy atom. The number of hydrogen-bond donors (Lipinski definition) is 0. The molecule has 0 spiro atoms. The van der Waals surface area contributed by atoms with Crippen molar-refractivity contribution in [2.45, 2.75) is 34.3 Å². The summed E-state index contributed by atoms with van der Waals surface area (Å²) in [5.74, 6) is 2.05. The summed E-state index contributed by atoms with van der Waals surface area (Å²) in [6.07, 6.45) is 3.19. The van der Waals surface area contributed by atoms with Crippen molar-refractivity contribution in [2.75, 3.05) is 0 Å². The van der Waals surface area contributed by atoms with Crippen molar-refractivity contribution in [2.24, 2.45) is 7.05 Å². The number of allylic oxidation sites excluding steroid dienone is 1. The van der Waals surface area contributed by atoms with Crippen LogP contribution in [0.15, 0.2) is 40.8 Å². The van der Waals surface area contributed by atoms with E-state index in [1.807, 2.05) is 59.0 Å². The number of aromatic nitrogens is 2. The van der Waals surface area contributed by atoms with Crippen LogP contribution in [0, 0.1) is 27.7 Å². The zero-order valence-corrected chi connectivity index (χ0v) is 16.4. The quantitative estimate of drug-likeness (QED) is 0.469. The Morgan fingerprint density at radius 2 is 1.85 bits per heavy atom. The third-order valence-electron chi connectivity index (χ3n) is 4.41. The number of aryl methyl sites for hydroxylation is 4. The van der Waals surface area contributed by atoms with Crippen molar-refractivity contribution >= 4 is 11.9 Å². The predicted molar refractivity (Wildman–Crippen MR) is 105 cm³/mol. The monoisotopic (exact) mass is 364 g/mol. The van der Waals surface area contributed by atoms with Crippen LogP contribution in [0.5, 0.6) is 5.75 Å². The highest BCUT2D eigenvalue weighted by Gasteiger charge is 2.15. The van der Waals surface area contributed by atoms with Crippen molar-refractivity contribution in [3.05, 3.63) is 76.0 Å². The average Bonchev–Trinajstić information content (AvgIpc) is 3.14. The summed E-state index contributed by atoms with van der Waals surface area (Å²) >= 11 is 0. The molecule has 0 bridgehead atoms. The second-order valence-corrected chi connectivity index (χ2v) is 6.78. The topological polar surface area (TPSA) is 57.3 Å². The minimum Gasteiger partial charge on any atom is -0.486 e.